The fourth-order valence-electron chi connectivity index (χ4n) is 1.72. The van der Waals surface area contributed by atoms with Crippen molar-refractivity contribution in [2.45, 2.75) is 16.7 Å². The molecule has 0 aliphatic heterocycles. The number of carbonyl (C=O) groups excluding carboxylic acids is 1. The van der Waals surface area contributed by atoms with Crippen LogP contribution >= 0.6 is 27.3 Å². The van der Waals surface area contributed by atoms with Crippen molar-refractivity contribution in [1.82, 2.24) is 4.72 Å². The van der Waals surface area contributed by atoms with Gasteiger partial charge in [0.05, 0.1) is 15.8 Å². The van der Waals surface area contributed by atoms with Crippen LogP contribution in [-0.2, 0) is 21.2 Å². The van der Waals surface area contributed by atoms with E-state index in [4.69, 9.17) is 0 Å². The lowest BCUT2D eigenvalue weighted by atomic mass is 10.1. The van der Waals surface area contributed by atoms with E-state index < -0.39 is 27.9 Å². The fourth-order valence-corrected chi connectivity index (χ4v) is 4.93. The van der Waals surface area contributed by atoms with Crippen molar-refractivity contribution in [2.75, 3.05) is 0 Å². The summed E-state index contributed by atoms with van der Waals surface area (Å²) in [5.41, 5.74) is 0.477. The number of rotatable bonds is 6. The molecule has 0 unspecified atom stereocenters. The van der Waals surface area contributed by atoms with E-state index in [1.165, 1.54) is 30.3 Å². The van der Waals surface area contributed by atoms with Gasteiger partial charge in [0.25, 0.3) is 10.0 Å². The summed E-state index contributed by atoms with van der Waals surface area (Å²) in [6, 6.07) is 6.59. The lowest BCUT2D eigenvalue weighted by Gasteiger charge is -2.19. The molecule has 0 aliphatic rings. The second-order valence-electron chi connectivity index (χ2n) is 4.38. The first-order valence-corrected chi connectivity index (χ1v) is 9.10. The Morgan fingerprint density at radius 2 is 1.91 bits per heavy atom. The number of hydrogen-bond acceptors (Lipinski definition) is 5. The zero-order chi connectivity index (χ0) is 16.3. The van der Waals surface area contributed by atoms with Crippen molar-refractivity contribution in [3.05, 3.63) is 51.6 Å². The second-order valence-corrected chi connectivity index (χ2v) is 8.79. The highest BCUT2D eigenvalue weighted by molar-refractivity contribution is 9.11. The molecule has 0 saturated carbocycles. The van der Waals surface area contributed by atoms with Gasteiger partial charge in [-0.05, 0) is 52.2 Å². The molecule has 0 saturated heterocycles. The zero-order valence-electron chi connectivity index (χ0n) is 11.0. The third kappa shape index (κ3) is 4.35. The van der Waals surface area contributed by atoms with E-state index in [9.17, 15) is 22.7 Å². The van der Waals surface area contributed by atoms with E-state index >= 15 is 0 Å². The Morgan fingerprint density at radius 3 is 2.41 bits per heavy atom. The average molecular weight is 407 g/mol. The molecule has 1 atom stereocenters. The molecule has 0 spiro atoms. The lowest BCUT2D eigenvalue weighted by Crippen LogP contribution is -2.48. The number of benzene rings is 1. The molecule has 22 heavy (non-hydrogen) atoms. The van der Waals surface area contributed by atoms with Gasteiger partial charge in [-0.3, -0.25) is 0 Å². The van der Waals surface area contributed by atoms with Gasteiger partial charge in [0.1, 0.15) is 10.0 Å². The predicted molar refractivity (Wildman–Crippen MR) is 81.2 cm³/mol. The monoisotopic (exact) mass is 406 g/mol. The molecule has 0 bridgehead atoms. The molecular weight excluding hydrogens is 397 g/mol. The first-order valence-electron chi connectivity index (χ1n) is 6.01. The summed E-state index contributed by atoms with van der Waals surface area (Å²) < 4.78 is 39.8. The van der Waals surface area contributed by atoms with E-state index in [0.29, 0.717) is 9.35 Å². The summed E-state index contributed by atoms with van der Waals surface area (Å²) >= 11 is 4.10. The highest BCUT2D eigenvalue weighted by Gasteiger charge is 2.22. The summed E-state index contributed by atoms with van der Waals surface area (Å²) in [4.78, 5) is 11.2. The van der Waals surface area contributed by atoms with Crippen LogP contribution in [-0.4, -0.2) is 20.4 Å². The van der Waals surface area contributed by atoms with Crippen LogP contribution in [0.25, 0.3) is 0 Å². The Hall–Kier alpha value is -1.29. The van der Waals surface area contributed by atoms with E-state index in [1.54, 1.807) is 6.07 Å². The summed E-state index contributed by atoms with van der Waals surface area (Å²) in [6.07, 6.45) is -0.144. The average Bonchev–Trinajstić information content (AvgIpc) is 2.88. The van der Waals surface area contributed by atoms with Gasteiger partial charge >= 0.3 is 0 Å². The number of carboxylic acid groups (broad SMARTS) is 1. The molecule has 1 aromatic heterocycles. The van der Waals surface area contributed by atoms with Crippen molar-refractivity contribution in [2.24, 2.45) is 0 Å². The minimum absolute atomic E-state index is 0.00951. The molecule has 2 rings (SSSR count). The number of sulfonamides is 1. The van der Waals surface area contributed by atoms with Crippen LogP contribution in [0.5, 0.6) is 0 Å². The van der Waals surface area contributed by atoms with Crippen LogP contribution in [0.4, 0.5) is 4.39 Å². The summed E-state index contributed by atoms with van der Waals surface area (Å²) in [7, 11) is -3.97. The van der Waals surface area contributed by atoms with Crippen LogP contribution in [0.2, 0.25) is 0 Å². The third-order valence-corrected chi connectivity index (χ3v) is 6.34. The Balaban J connectivity index is 2.18. The maximum absolute atomic E-state index is 12.8. The molecule has 0 aliphatic carbocycles. The highest BCUT2D eigenvalue weighted by Crippen LogP contribution is 2.26. The topological polar surface area (TPSA) is 86.3 Å². The van der Waals surface area contributed by atoms with Crippen LogP contribution < -0.4 is 9.83 Å². The van der Waals surface area contributed by atoms with E-state index in [-0.39, 0.29) is 10.6 Å². The largest absolute Gasteiger partial charge is 0.548 e. The Labute approximate surface area is 139 Å². The molecule has 0 amide bonds. The predicted octanol–water partition coefficient (Wildman–Crippen LogP) is 1.29. The molecular formula is C13H10BrFNO4S2-. The van der Waals surface area contributed by atoms with Gasteiger partial charge in [-0.15, -0.1) is 11.3 Å². The highest BCUT2D eigenvalue weighted by atomic mass is 79.9. The molecule has 2 aromatic rings. The molecule has 0 fully saturated rings. The number of carbonyl (C=O) groups is 1. The van der Waals surface area contributed by atoms with Crippen LogP contribution in [0.15, 0.2) is 44.4 Å². The maximum Gasteiger partial charge on any atom is 0.250 e. The SMILES string of the molecule is O=C([O-])[C@H](Cc1ccc(F)cc1)NS(=O)(=O)c1ccc(Br)s1. The zero-order valence-corrected chi connectivity index (χ0v) is 14.2. The fraction of sp³-hybridized carbons (Fsp3) is 0.154. The number of halogens is 2. The Kier molecular flexibility index (Phi) is 5.32. The minimum atomic E-state index is -3.97. The van der Waals surface area contributed by atoms with E-state index in [1.807, 2.05) is 0 Å². The van der Waals surface area contributed by atoms with Crippen LogP contribution in [0, 0.1) is 5.82 Å². The van der Waals surface area contributed by atoms with Crippen molar-refractivity contribution < 1.29 is 22.7 Å². The van der Waals surface area contributed by atoms with Gasteiger partial charge in [-0.25, -0.2) is 17.5 Å². The van der Waals surface area contributed by atoms with Gasteiger partial charge in [0.15, 0.2) is 0 Å². The van der Waals surface area contributed by atoms with Crippen LogP contribution in [0.3, 0.4) is 0 Å². The standard InChI is InChI=1S/C13H11BrFNO4S2/c14-11-5-6-12(21-11)22(19,20)16-10(13(17)18)7-8-1-3-9(15)4-2-8/h1-6,10,16H,7H2,(H,17,18)/p-1/t10-/m0/s1. The van der Waals surface area contributed by atoms with E-state index in [0.717, 1.165) is 11.3 Å². The van der Waals surface area contributed by atoms with Crippen LogP contribution in [0.1, 0.15) is 5.56 Å². The Bertz CT molecular complexity index is 774. The van der Waals surface area contributed by atoms with Crippen molar-refractivity contribution in [3.63, 3.8) is 0 Å². The normalized spacial score (nSPS) is 13.0. The van der Waals surface area contributed by atoms with Gasteiger partial charge in [0, 0.05) is 0 Å². The van der Waals surface area contributed by atoms with Crippen molar-refractivity contribution >= 4 is 43.3 Å². The minimum Gasteiger partial charge on any atom is -0.548 e. The summed E-state index contributed by atoms with van der Waals surface area (Å²) in [5, 5.41) is 11.2. The van der Waals surface area contributed by atoms with Crippen molar-refractivity contribution in [3.8, 4) is 0 Å². The second kappa shape index (κ2) is 6.86. The summed E-state index contributed by atoms with van der Waals surface area (Å²) in [5.74, 6) is -2.01. The molecule has 9 heteroatoms. The molecule has 118 valence electrons. The number of aliphatic carboxylic acids is 1. The lowest BCUT2D eigenvalue weighted by molar-refractivity contribution is -0.307. The first kappa shape index (κ1) is 17.1. The molecule has 1 N–H and O–H groups in total. The first-order chi connectivity index (χ1) is 10.3. The van der Waals surface area contributed by atoms with Crippen molar-refractivity contribution in [1.29, 1.82) is 0 Å². The smallest absolute Gasteiger partial charge is 0.250 e. The molecule has 0 radical (unpaired) electrons. The van der Waals surface area contributed by atoms with Gasteiger partial charge in [-0.1, -0.05) is 12.1 Å². The maximum atomic E-state index is 12.8. The molecule has 1 aromatic carbocycles. The number of nitrogens with one attached hydrogen (secondary N) is 1. The van der Waals surface area contributed by atoms with Gasteiger partial charge in [-0.2, -0.15) is 0 Å². The third-order valence-electron chi connectivity index (χ3n) is 2.75. The number of thiophene rings is 1. The molecule has 5 nitrogen and oxygen atoms in total. The van der Waals surface area contributed by atoms with E-state index in [2.05, 4.69) is 20.7 Å². The summed E-state index contributed by atoms with van der Waals surface area (Å²) in [6.45, 7) is 0. The Morgan fingerprint density at radius 1 is 1.27 bits per heavy atom. The van der Waals surface area contributed by atoms with Gasteiger partial charge < -0.3 is 9.90 Å². The number of carboxylic acids is 1. The number of hydrogen-bond donors (Lipinski definition) is 1. The quantitative estimate of drug-likeness (QED) is 0.782. The van der Waals surface area contributed by atoms with Gasteiger partial charge in [0.2, 0.25) is 0 Å². The molecule has 1 heterocycles.